The van der Waals surface area contributed by atoms with Gasteiger partial charge in [-0.2, -0.15) is 0 Å². The maximum Gasteiger partial charge on any atom is 0.169 e. The molecule has 1 heterocycles. The Morgan fingerprint density at radius 3 is 2.67 bits per heavy atom. The summed E-state index contributed by atoms with van der Waals surface area (Å²) < 4.78 is 0. The van der Waals surface area contributed by atoms with E-state index in [9.17, 15) is 0 Å². The molecular weight excluding hydrogens is 204 g/mol. The van der Waals surface area contributed by atoms with Crippen molar-refractivity contribution in [3.63, 3.8) is 0 Å². The first-order chi connectivity index (χ1) is 7.22. The van der Waals surface area contributed by atoms with Crippen molar-refractivity contribution in [2.45, 2.75) is 19.9 Å². The van der Waals surface area contributed by atoms with Crippen LogP contribution in [0, 0.1) is 6.92 Å². The lowest BCUT2D eigenvalue weighted by Gasteiger charge is -2.23. The average molecular weight is 220 g/mol. The summed E-state index contributed by atoms with van der Waals surface area (Å²) in [4.78, 5) is 2.24. The zero-order valence-electron chi connectivity index (χ0n) is 9.16. The second-order valence-corrected chi connectivity index (χ2v) is 4.29. The maximum absolute atomic E-state index is 5.26. The Kier molecular flexibility index (Phi) is 2.91. The van der Waals surface area contributed by atoms with Crippen LogP contribution in [0.5, 0.6) is 0 Å². The molecule has 15 heavy (non-hydrogen) atoms. The van der Waals surface area contributed by atoms with Gasteiger partial charge in [0.1, 0.15) is 0 Å². The van der Waals surface area contributed by atoms with Gasteiger partial charge in [0.2, 0.25) is 0 Å². The highest BCUT2D eigenvalue weighted by Gasteiger charge is 2.27. The van der Waals surface area contributed by atoms with Gasteiger partial charge in [-0.3, -0.25) is 0 Å². The third kappa shape index (κ3) is 1.97. The van der Waals surface area contributed by atoms with E-state index in [2.05, 4.69) is 48.3 Å². The summed E-state index contributed by atoms with van der Waals surface area (Å²) in [7, 11) is 0. The van der Waals surface area contributed by atoms with E-state index in [4.69, 9.17) is 12.2 Å². The minimum atomic E-state index is 0.406. The number of likely N-dealkylation sites (N-methyl/N-ethyl adjacent to an activating group) is 1. The lowest BCUT2D eigenvalue weighted by molar-refractivity contribution is 0.378. The van der Waals surface area contributed by atoms with Gasteiger partial charge in [0, 0.05) is 13.1 Å². The third-order valence-electron chi connectivity index (χ3n) is 2.89. The monoisotopic (exact) mass is 220 g/mol. The largest absolute Gasteiger partial charge is 0.360 e. The number of benzene rings is 1. The predicted molar refractivity (Wildman–Crippen MR) is 66.9 cm³/mol. The summed E-state index contributed by atoms with van der Waals surface area (Å²) in [5, 5.41) is 4.12. The predicted octanol–water partition coefficient (Wildman–Crippen LogP) is 2.25. The molecule has 0 radical (unpaired) electrons. The van der Waals surface area contributed by atoms with Crippen molar-refractivity contribution in [2.24, 2.45) is 0 Å². The molecule has 0 aromatic heterocycles. The fraction of sp³-hybridized carbons (Fsp3) is 0.417. The van der Waals surface area contributed by atoms with Gasteiger partial charge >= 0.3 is 0 Å². The van der Waals surface area contributed by atoms with Crippen molar-refractivity contribution < 1.29 is 0 Å². The van der Waals surface area contributed by atoms with Crippen LogP contribution in [0.3, 0.4) is 0 Å². The lowest BCUT2D eigenvalue weighted by atomic mass is 10.1. The molecule has 2 rings (SSSR count). The van der Waals surface area contributed by atoms with Crippen LogP contribution in [0.25, 0.3) is 0 Å². The minimum absolute atomic E-state index is 0.406. The van der Waals surface area contributed by atoms with Gasteiger partial charge in [-0.1, -0.05) is 29.8 Å². The quantitative estimate of drug-likeness (QED) is 0.770. The number of nitrogens with zero attached hydrogens (tertiary/aromatic N) is 1. The van der Waals surface area contributed by atoms with Crippen molar-refractivity contribution in [3.05, 3.63) is 35.4 Å². The van der Waals surface area contributed by atoms with Crippen molar-refractivity contribution in [3.8, 4) is 0 Å². The molecule has 80 valence electrons. The van der Waals surface area contributed by atoms with E-state index in [1.807, 2.05) is 0 Å². The third-order valence-corrected chi connectivity index (χ3v) is 3.27. The first-order valence-corrected chi connectivity index (χ1v) is 5.74. The number of hydrogen-bond acceptors (Lipinski definition) is 1. The fourth-order valence-corrected chi connectivity index (χ4v) is 2.33. The van der Waals surface area contributed by atoms with E-state index in [0.29, 0.717) is 6.04 Å². The maximum atomic E-state index is 5.26. The Hall–Kier alpha value is -1.09. The zero-order valence-corrected chi connectivity index (χ0v) is 9.97. The first kappa shape index (κ1) is 10.4. The number of aryl methyl sites for hydroxylation is 1. The Morgan fingerprint density at radius 2 is 2.07 bits per heavy atom. The number of thiocarbonyl (C=S) groups is 1. The molecule has 1 aromatic carbocycles. The molecule has 0 aliphatic carbocycles. The molecule has 3 heteroatoms. The molecule has 1 N–H and O–H groups in total. The molecule has 1 aromatic rings. The SMILES string of the molecule is CCN1C(=S)NCC1c1ccc(C)cc1. The first-order valence-electron chi connectivity index (χ1n) is 5.33. The van der Waals surface area contributed by atoms with Gasteiger partial charge in [0.15, 0.2) is 5.11 Å². The van der Waals surface area contributed by atoms with Crippen LogP contribution in [0.1, 0.15) is 24.1 Å². The van der Waals surface area contributed by atoms with Crippen molar-refractivity contribution in [1.29, 1.82) is 0 Å². The Morgan fingerprint density at radius 1 is 1.40 bits per heavy atom. The van der Waals surface area contributed by atoms with Crippen LogP contribution in [0.4, 0.5) is 0 Å². The minimum Gasteiger partial charge on any atom is -0.360 e. The molecule has 1 unspecified atom stereocenters. The van der Waals surface area contributed by atoms with Crippen LogP contribution < -0.4 is 5.32 Å². The molecule has 1 aliphatic heterocycles. The highest BCUT2D eigenvalue weighted by atomic mass is 32.1. The number of hydrogen-bond donors (Lipinski definition) is 1. The second-order valence-electron chi connectivity index (χ2n) is 3.90. The zero-order chi connectivity index (χ0) is 10.8. The molecule has 1 atom stereocenters. The van der Waals surface area contributed by atoms with Gasteiger partial charge < -0.3 is 10.2 Å². The summed E-state index contributed by atoms with van der Waals surface area (Å²) in [5.74, 6) is 0. The molecule has 1 aliphatic rings. The Balaban J connectivity index is 2.23. The summed E-state index contributed by atoms with van der Waals surface area (Å²) in [6, 6.07) is 9.11. The Labute approximate surface area is 96.3 Å². The second kappa shape index (κ2) is 4.19. The van der Waals surface area contributed by atoms with E-state index in [1.54, 1.807) is 0 Å². The molecule has 0 amide bonds. The molecule has 0 saturated carbocycles. The van der Waals surface area contributed by atoms with E-state index < -0.39 is 0 Å². The van der Waals surface area contributed by atoms with Crippen LogP contribution >= 0.6 is 12.2 Å². The summed E-state index contributed by atoms with van der Waals surface area (Å²) in [5.41, 5.74) is 2.64. The van der Waals surface area contributed by atoms with Gasteiger partial charge in [-0.15, -0.1) is 0 Å². The highest BCUT2D eigenvalue weighted by Crippen LogP contribution is 2.24. The average Bonchev–Trinajstić information content (AvgIpc) is 2.61. The van der Waals surface area contributed by atoms with Crippen LogP contribution in [-0.2, 0) is 0 Å². The summed E-state index contributed by atoms with van der Waals surface area (Å²) >= 11 is 5.26. The van der Waals surface area contributed by atoms with Gasteiger partial charge in [-0.25, -0.2) is 0 Å². The van der Waals surface area contributed by atoms with Gasteiger partial charge in [-0.05, 0) is 31.6 Å². The topological polar surface area (TPSA) is 15.3 Å². The summed E-state index contributed by atoms with van der Waals surface area (Å²) in [6.07, 6.45) is 0. The number of nitrogens with one attached hydrogen (secondary N) is 1. The van der Waals surface area contributed by atoms with E-state index >= 15 is 0 Å². The lowest BCUT2D eigenvalue weighted by Crippen LogP contribution is -2.29. The molecule has 1 saturated heterocycles. The Bertz CT molecular complexity index is 358. The number of rotatable bonds is 2. The molecule has 1 fully saturated rings. The highest BCUT2D eigenvalue weighted by molar-refractivity contribution is 7.80. The van der Waals surface area contributed by atoms with Crippen LogP contribution in [-0.4, -0.2) is 23.1 Å². The van der Waals surface area contributed by atoms with Crippen molar-refractivity contribution in [2.75, 3.05) is 13.1 Å². The summed E-state index contributed by atoms with van der Waals surface area (Å²) in [6.45, 7) is 6.14. The van der Waals surface area contributed by atoms with Crippen LogP contribution in [0.2, 0.25) is 0 Å². The van der Waals surface area contributed by atoms with Gasteiger partial charge in [0.05, 0.1) is 6.04 Å². The normalized spacial score (nSPS) is 20.5. The van der Waals surface area contributed by atoms with Crippen LogP contribution in [0.15, 0.2) is 24.3 Å². The van der Waals surface area contributed by atoms with Crippen molar-refractivity contribution in [1.82, 2.24) is 10.2 Å². The molecule has 0 spiro atoms. The van der Waals surface area contributed by atoms with E-state index in [-0.39, 0.29) is 0 Å². The van der Waals surface area contributed by atoms with E-state index in [0.717, 1.165) is 18.2 Å². The molecule has 2 nitrogen and oxygen atoms in total. The van der Waals surface area contributed by atoms with E-state index in [1.165, 1.54) is 11.1 Å². The van der Waals surface area contributed by atoms with Crippen molar-refractivity contribution >= 4 is 17.3 Å². The fourth-order valence-electron chi connectivity index (χ4n) is 1.99. The van der Waals surface area contributed by atoms with Gasteiger partial charge in [0.25, 0.3) is 0 Å². The smallest absolute Gasteiger partial charge is 0.169 e. The molecular formula is C12H16N2S. The standard InChI is InChI=1S/C12H16N2S/c1-3-14-11(8-13-12(14)15)10-6-4-9(2)5-7-10/h4-7,11H,3,8H2,1-2H3,(H,13,15). The molecule has 0 bridgehead atoms.